The number of Topliss-reactive ketones (excluding diaryl/α,β-unsaturated/α-hetero) is 1. The number of rotatable bonds is 13. The van der Waals surface area contributed by atoms with E-state index in [0.29, 0.717) is 16.7 Å². The summed E-state index contributed by atoms with van der Waals surface area (Å²) < 4.78 is 34.6. The van der Waals surface area contributed by atoms with Gasteiger partial charge in [-0.25, -0.2) is 9.59 Å². The van der Waals surface area contributed by atoms with E-state index in [1.165, 1.54) is 21.1 Å². The zero-order valence-electron chi connectivity index (χ0n) is 24.4. The summed E-state index contributed by atoms with van der Waals surface area (Å²) in [6, 6.07) is 25.0. The summed E-state index contributed by atoms with van der Waals surface area (Å²) in [4.78, 5) is 43.2. The number of hydrogen-bond donors (Lipinski definition) is 0. The normalized spacial score (nSPS) is 20.7. The molecule has 230 valence electrons. The van der Waals surface area contributed by atoms with Gasteiger partial charge in [0.1, 0.15) is 6.10 Å². The minimum atomic E-state index is -1.68. The van der Waals surface area contributed by atoms with E-state index in [4.69, 9.17) is 28.4 Å². The summed E-state index contributed by atoms with van der Waals surface area (Å²) in [6.07, 6.45) is -7.89. The first-order valence-corrected chi connectivity index (χ1v) is 13.8. The first-order valence-electron chi connectivity index (χ1n) is 13.8. The molecule has 0 saturated carbocycles. The monoisotopic (exact) mass is 603 g/mol. The Morgan fingerprint density at radius 1 is 0.818 bits per heavy atom. The predicted octanol–water partition coefficient (Wildman–Crippen LogP) is 4.97. The summed E-state index contributed by atoms with van der Waals surface area (Å²) >= 11 is 0. The highest BCUT2D eigenvalue weighted by Gasteiger charge is 2.48. The van der Waals surface area contributed by atoms with Gasteiger partial charge in [-0.05, 0) is 23.6 Å². The lowest BCUT2D eigenvalue weighted by Crippen LogP contribution is -2.55. The zero-order chi connectivity index (χ0) is 31.5. The average molecular weight is 604 g/mol. The molecule has 0 N–H and O–H groups in total. The lowest BCUT2D eigenvalue weighted by molar-refractivity contribution is -0.259. The fourth-order valence-electron chi connectivity index (χ4n) is 4.86. The van der Waals surface area contributed by atoms with Crippen molar-refractivity contribution in [3.8, 4) is 0 Å². The van der Waals surface area contributed by atoms with Crippen molar-refractivity contribution in [2.45, 2.75) is 49.8 Å². The number of carbonyl (C=O) groups is 3. The molecule has 3 aromatic rings. The fraction of sp³-hybridized carbons (Fsp3) is 0.344. The molecule has 0 bridgehead atoms. The van der Waals surface area contributed by atoms with Crippen molar-refractivity contribution in [3.63, 3.8) is 0 Å². The van der Waals surface area contributed by atoms with E-state index in [1.807, 2.05) is 6.07 Å². The van der Waals surface area contributed by atoms with E-state index >= 15 is 0 Å². The molecule has 0 radical (unpaired) electrons. The van der Waals surface area contributed by atoms with Crippen LogP contribution in [0.3, 0.4) is 0 Å². The van der Waals surface area contributed by atoms with Gasteiger partial charge in [-0.2, -0.15) is 0 Å². The Morgan fingerprint density at radius 2 is 1.32 bits per heavy atom. The molecule has 1 fully saturated rings. The van der Waals surface area contributed by atoms with Gasteiger partial charge in [-0.15, -0.1) is 0 Å². The zero-order valence-corrected chi connectivity index (χ0v) is 24.4. The van der Waals surface area contributed by atoms with Crippen molar-refractivity contribution in [1.82, 2.24) is 0 Å². The van der Waals surface area contributed by atoms with E-state index in [2.05, 4.69) is 10.0 Å². The largest absolute Gasteiger partial charge is 0.453 e. The molecular formula is C32H33N3O9. The summed E-state index contributed by atoms with van der Waals surface area (Å²) in [5, 5.41) is 3.80. The van der Waals surface area contributed by atoms with Crippen molar-refractivity contribution >= 4 is 17.7 Å². The number of azide groups is 1. The molecule has 3 aromatic carbocycles. The second-order valence-electron chi connectivity index (χ2n) is 9.87. The Morgan fingerprint density at radius 3 is 1.80 bits per heavy atom. The Kier molecular flexibility index (Phi) is 11.6. The van der Waals surface area contributed by atoms with Crippen molar-refractivity contribution in [3.05, 3.63) is 118 Å². The van der Waals surface area contributed by atoms with Crippen molar-refractivity contribution in [1.29, 1.82) is 0 Å². The van der Waals surface area contributed by atoms with E-state index in [9.17, 15) is 19.9 Å². The first kappa shape index (κ1) is 32.3. The van der Waals surface area contributed by atoms with Crippen molar-refractivity contribution in [2.24, 2.45) is 5.11 Å². The third-order valence-electron chi connectivity index (χ3n) is 6.97. The van der Waals surface area contributed by atoms with E-state index < -0.39 is 60.6 Å². The van der Waals surface area contributed by atoms with Crippen molar-refractivity contribution in [2.75, 3.05) is 20.8 Å². The molecule has 4 rings (SSSR count). The quantitative estimate of drug-likeness (QED) is 0.114. The Hall–Kier alpha value is -4.58. The molecule has 44 heavy (non-hydrogen) atoms. The van der Waals surface area contributed by atoms with Crippen molar-refractivity contribution < 1.29 is 42.8 Å². The summed E-state index contributed by atoms with van der Waals surface area (Å²) in [5.41, 5.74) is 10.9. The average Bonchev–Trinajstić information content (AvgIpc) is 3.05. The van der Waals surface area contributed by atoms with Gasteiger partial charge >= 0.3 is 11.9 Å². The van der Waals surface area contributed by atoms with Crippen LogP contribution in [0.4, 0.5) is 0 Å². The van der Waals surface area contributed by atoms with Crippen LogP contribution in [0.25, 0.3) is 10.4 Å². The maximum Gasteiger partial charge on any atom is 0.340 e. The molecule has 1 saturated heterocycles. The highest BCUT2D eigenvalue weighted by molar-refractivity contribution is 5.86. The highest BCUT2D eigenvalue weighted by Crippen LogP contribution is 2.33. The molecule has 0 aromatic heterocycles. The molecule has 0 amide bonds. The number of ketones is 1. The van der Waals surface area contributed by atoms with Gasteiger partial charge in [0.15, 0.2) is 36.5 Å². The van der Waals surface area contributed by atoms with Gasteiger partial charge in [0, 0.05) is 24.7 Å². The van der Waals surface area contributed by atoms with Gasteiger partial charge < -0.3 is 28.4 Å². The van der Waals surface area contributed by atoms with Crippen LogP contribution in [0.5, 0.6) is 0 Å². The summed E-state index contributed by atoms with van der Waals surface area (Å²) in [5.74, 6) is -2.44. The molecule has 1 heterocycles. The van der Waals surface area contributed by atoms with Crippen LogP contribution in [-0.4, -0.2) is 62.9 Å². The molecule has 0 spiro atoms. The molecule has 7 atom stereocenters. The SMILES string of the molecule is CO[C@H](C(=O)O[C@H]([C@H](OC(=O)[C@@H](OC)c1ccccc1)C(C)=O)[C@@H]1OC(c2ccccc2)OCC1N=[N+]=[N-])c1ccccc1. The van der Waals surface area contributed by atoms with Crippen LogP contribution < -0.4 is 0 Å². The smallest absolute Gasteiger partial charge is 0.340 e. The number of ether oxygens (including phenoxy) is 6. The minimum Gasteiger partial charge on any atom is -0.453 e. The van der Waals surface area contributed by atoms with Crippen LogP contribution >= 0.6 is 0 Å². The Balaban J connectivity index is 1.73. The highest BCUT2D eigenvalue weighted by atomic mass is 16.7. The molecular weight excluding hydrogens is 570 g/mol. The maximum atomic E-state index is 13.7. The van der Waals surface area contributed by atoms with Crippen LogP contribution in [0, 0.1) is 0 Å². The van der Waals surface area contributed by atoms with E-state index in [-0.39, 0.29) is 6.61 Å². The summed E-state index contributed by atoms with van der Waals surface area (Å²) in [7, 11) is 2.66. The Labute approximate surface area is 254 Å². The number of nitrogens with zero attached hydrogens (tertiary/aromatic N) is 3. The van der Waals surface area contributed by atoms with Crippen LogP contribution in [0.2, 0.25) is 0 Å². The molecule has 0 aliphatic carbocycles. The maximum absolute atomic E-state index is 13.7. The predicted molar refractivity (Wildman–Crippen MR) is 156 cm³/mol. The van der Waals surface area contributed by atoms with Gasteiger partial charge in [0.05, 0.1) is 12.6 Å². The molecule has 12 heteroatoms. The third kappa shape index (κ3) is 7.87. The Bertz CT molecular complexity index is 1440. The minimum absolute atomic E-state index is 0.141. The lowest BCUT2D eigenvalue weighted by atomic mass is 9.97. The molecule has 12 nitrogen and oxygen atoms in total. The second kappa shape index (κ2) is 15.8. The van der Waals surface area contributed by atoms with Gasteiger partial charge in [-0.1, -0.05) is 96.1 Å². The molecule has 1 aliphatic rings. The lowest BCUT2D eigenvalue weighted by Gasteiger charge is -2.40. The topological polar surface area (TPSA) is 155 Å². The first-order chi connectivity index (χ1) is 21.4. The van der Waals surface area contributed by atoms with Gasteiger partial charge in [0.25, 0.3) is 0 Å². The fourth-order valence-corrected chi connectivity index (χ4v) is 4.86. The number of hydrogen-bond acceptors (Lipinski definition) is 10. The van der Waals surface area contributed by atoms with Gasteiger partial charge in [-0.3, -0.25) is 4.79 Å². The second-order valence-corrected chi connectivity index (χ2v) is 9.87. The standard InChI is InChI=1S/C32H33N3O9/c1-20(36)25(42-30(37)26(39-2)21-13-7-4-8-14-21)29(43-31(38)27(40-3)22-15-9-5-10-16-22)28-24(34-35-33)19-41-32(44-28)23-17-11-6-12-18-23/h4-18,24-29,32H,19H2,1-3H3/t24?,25-,26+,27+,28-,29-,32?/m1/s1. The molecule has 2 unspecified atom stereocenters. The molecule has 1 aliphatic heterocycles. The third-order valence-corrected chi connectivity index (χ3v) is 6.97. The number of carbonyl (C=O) groups excluding carboxylic acids is 3. The van der Waals surface area contributed by atoms with Crippen LogP contribution in [0.15, 0.2) is 96.1 Å². The van der Waals surface area contributed by atoms with Gasteiger partial charge in [0.2, 0.25) is 0 Å². The van der Waals surface area contributed by atoms with E-state index in [1.54, 1.807) is 84.9 Å². The van der Waals surface area contributed by atoms with E-state index in [0.717, 1.165) is 0 Å². The summed E-state index contributed by atoms with van der Waals surface area (Å²) in [6.45, 7) is 1.04. The number of esters is 2. The number of methoxy groups -OCH3 is 2. The van der Waals surface area contributed by atoms with Crippen LogP contribution in [0.1, 0.15) is 42.1 Å². The number of benzene rings is 3. The van der Waals surface area contributed by atoms with Crippen LogP contribution in [-0.2, 0) is 42.8 Å².